The number of ketones is 2. The smallest absolute Gasteiger partial charge is 0.342 e. The normalized spacial score (nSPS) is 34.1. The lowest BCUT2D eigenvalue weighted by Crippen LogP contribution is -2.61. The highest BCUT2D eigenvalue weighted by molar-refractivity contribution is 5.96. The standard InChI is InChI=1S/C60H88N2O19.C6H9N3O3/c1-36-18-16-14-12-10-8-6-7-9-11-13-15-17-19-48(79-59-56(74)54(61)55(73)38(3)78-59)33-51-53(58(75)77-5)50(71)35-60(76,81-51)34-47(69)30-45(67)28-43(65)26-42(64)27-44(66)29-46(68)32-52(72)80-57(36)37(2)20-25-41(63)31-49(70)39-21-23-40(62-4)24-22-39;1-5-7-4-6(9(11)12)8(5)2-3-10/h6-19,21-24,36-38,41-43,45-48,50-51,53-57,59,62-65,67-69,71,73-74,76H,20,25-35,61H2,1-5H3;4,10H,2-3H2,1H3/b7-6-,10-8-,11-9-,14-12-,15-13-,18-16-,19-17-;/t36?,37?,38-,41?,42?,43?,45?,46?,47?,48?,50?,51?,53?,54+,55-,56+,57?,59+,60?;/m1./s1. The number of imidazole rings is 1. The summed E-state index contributed by atoms with van der Waals surface area (Å²) in [5, 5.41) is 132. The van der Waals surface area contributed by atoms with E-state index >= 15 is 0 Å². The van der Waals surface area contributed by atoms with Crippen molar-refractivity contribution < 1.29 is 104 Å². The van der Waals surface area contributed by atoms with Gasteiger partial charge in [0.2, 0.25) is 0 Å². The largest absolute Gasteiger partial charge is 0.469 e. The maximum absolute atomic E-state index is 13.3. The number of allylic oxidation sites excluding steroid dienone is 12. The second-order valence-corrected chi connectivity index (χ2v) is 23.9. The van der Waals surface area contributed by atoms with Gasteiger partial charge in [-0.1, -0.05) is 98.9 Å². The molecule has 4 heterocycles. The van der Waals surface area contributed by atoms with Crippen molar-refractivity contribution in [1.82, 2.24) is 9.55 Å². The van der Waals surface area contributed by atoms with Crippen LogP contribution in [0.15, 0.2) is 116 Å². The Hall–Kier alpha value is -6.51. The van der Waals surface area contributed by atoms with Gasteiger partial charge in [0.25, 0.3) is 0 Å². The summed E-state index contributed by atoms with van der Waals surface area (Å²) in [6.07, 6.45) is 4.10. The molecule has 2 saturated heterocycles. The zero-order valence-electron chi connectivity index (χ0n) is 53.6. The van der Waals surface area contributed by atoms with Crippen molar-refractivity contribution in [2.75, 3.05) is 26.1 Å². The van der Waals surface area contributed by atoms with Crippen LogP contribution in [0.4, 0.5) is 11.5 Å². The van der Waals surface area contributed by atoms with E-state index in [9.17, 15) is 80.4 Å². The van der Waals surface area contributed by atoms with Gasteiger partial charge in [-0.2, -0.15) is 0 Å². The summed E-state index contributed by atoms with van der Waals surface area (Å²) in [6, 6.07) is 5.77. The number of anilines is 1. The molecule has 27 heteroatoms. The number of hydrogen-bond acceptors (Lipinski definition) is 25. The van der Waals surface area contributed by atoms with Gasteiger partial charge < -0.3 is 101 Å². The van der Waals surface area contributed by atoms with Crippen LogP contribution in [0.1, 0.15) is 114 Å². The quantitative estimate of drug-likeness (QED) is 0.0559. The molecule has 0 amide bonds. The Balaban J connectivity index is 0.00000137. The molecule has 1 aromatic heterocycles. The number of aryl methyl sites for hydroxylation is 1. The number of ether oxygens (including phenoxy) is 5. The zero-order chi connectivity index (χ0) is 69.0. The third-order valence-corrected chi connectivity index (χ3v) is 16.1. The SMILES string of the molecule is CNc1ccc(C(=O)CC(O)CCC(C)C2OC(=O)CC(O)CC(=O)CC(O)CC(O)CC(O)CC(O)CC3(O)CC(O)C(C(=O)OC)C(CC(O[C@@H]4O[C@H](C)[C@@H](O)[C@H](N)[C@@H]4O)\C=C/C=C\C=C/C=C\C=C/C=C\C=C/C2C)O3)cc1.Cc1ncc([N+](=O)[O-])n1CCO. The second kappa shape index (κ2) is 40.0. The first-order valence-electron chi connectivity index (χ1n) is 31.2. The summed E-state index contributed by atoms with van der Waals surface area (Å²) < 4.78 is 30.3. The van der Waals surface area contributed by atoms with Gasteiger partial charge >= 0.3 is 17.8 Å². The number of methoxy groups -OCH3 is 1. The highest BCUT2D eigenvalue weighted by Gasteiger charge is 2.51. The number of hydrogen-bond donors (Lipinski definition) is 13. The number of aromatic nitrogens is 2. The number of carbonyl (C=O) groups excluding carboxylic acids is 4. The van der Waals surface area contributed by atoms with Crippen LogP contribution in [0.25, 0.3) is 0 Å². The third kappa shape index (κ3) is 27.0. The van der Waals surface area contributed by atoms with Crippen molar-refractivity contribution in [3.8, 4) is 0 Å². The lowest BCUT2D eigenvalue weighted by Gasteiger charge is -2.45. The molecule has 518 valence electrons. The van der Waals surface area contributed by atoms with E-state index < -0.39 is 165 Å². The molecule has 14 unspecified atom stereocenters. The number of rotatable bonds is 14. The molecule has 0 radical (unpaired) electrons. The predicted octanol–water partition coefficient (Wildman–Crippen LogP) is 2.93. The Bertz CT molecular complexity index is 2860. The van der Waals surface area contributed by atoms with E-state index in [1.807, 2.05) is 19.9 Å². The van der Waals surface area contributed by atoms with Crippen molar-refractivity contribution in [2.45, 2.75) is 209 Å². The number of nitrogens with zero attached hydrogens (tertiary/aromatic N) is 3. The molecule has 2 bridgehead atoms. The van der Waals surface area contributed by atoms with E-state index in [-0.39, 0.29) is 68.7 Å². The molecule has 0 aliphatic carbocycles. The highest BCUT2D eigenvalue weighted by Crippen LogP contribution is 2.39. The van der Waals surface area contributed by atoms with Crippen LogP contribution in [0.3, 0.4) is 0 Å². The highest BCUT2D eigenvalue weighted by atomic mass is 16.7. The van der Waals surface area contributed by atoms with Crippen molar-refractivity contribution >= 4 is 35.0 Å². The first-order valence-corrected chi connectivity index (χ1v) is 31.2. The third-order valence-electron chi connectivity index (χ3n) is 16.1. The Kier molecular flexibility index (Phi) is 34.0. The van der Waals surface area contributed by atoms with Crippen LogP contribution in [0.2, 0.25) is 0 Å². The van der Waals surface area contributed by atoms with Crippen molar-refractivity contribution in [1.29, 1.82) is 0 Å². The molecule has 2 fully saturated rings. The number of fused-ring (bicyclic) bond motifs is 2. The lowest BCUT2D eigenvalue weighted by atomic mass is 9.82. The number of esters is 2. The molecule has 0 saturated carbocycles. The van der Waals surface area contributed by atoms with E-state index in [4.69, 9.17) is 34.5 Å². The minimum atomic E-state index is -2.29. The minimum absolute atomic E-state index is 0.0819. The van der Waals surface area contributed by atoms with E-state index in [2.05, 4.69) is 10.3 Å². The van der Waals surface area contributed by atoms with Crippen LogP contribution in [0, 0.1) is 34.8 Å². The first kappa shape index (κ1) is 78.9. The molecule has 19 atom stereocenters. The van der Waals surface area contributed by atoms with E-state index in [1.54, 1.807) is 124 Å². The number of carbonyl (C=O) groups is 4. The summed E-state index contributed by atoms with van der Waals surface area (Å²) in [7, 11) is 2.88. The minimum Gasteiger partial charge on any atom is -0.469 e. The van der Waals surface area contributed by atoms with Crippen LogP contribution in [0.5, 0.6) is 0 Å². The molecule has 3 aliphatic rings. The molecule has 27 nitrogen and oxygen atoms in total. The predicted molar refractivity (Wildman–Crippen MR) is 340 cm³/mol. The monoisotopic (exact) mass is 1310 g/mol. The van der Waals surface area contributed by atoms with Gasteiger partial charge in [0, 0.05) is 69.7 Å². The molecule has 93 heavy (non-hydrogen) atoms. The zero-order valence-corrected chi connectivity index (χ0v) is 53.6. The van der Waals surface area contributed by atoms with Crippen molar-refractivity contribution in [3.05, 3.63) is 137 Å². The number of cyclic esters (lactones) is 1. The average molecular weight is 1310 g/mol. The lowest BCUT2D eigenvalue weighted by molar-refractivity contribution is -0.392. The number of nitrogens with one attached hydrogen (secondary N) is 1. The molecule has 3 aliphatic heterocycles. The maximum Gasteiger partial charge on any atom is 0.342 e. The van der Waals surface area contributed by atoms with Crippen LogP contribution >= 0.6 is 0 Å². The number of benzene rings is 1. The Morgan fingerprint density at radius 1 is 0.806 bits per heavy atom. The summed E-state index contributed by atoms with van der Waals surface area (Å²) in [4.78, 5) is 66.0. The molecular weight excluding hydrogens is 1210 g/mol. The summed E-state index contributed by atoms with van der Waals surface area (Å²) >= 11 is 0. The van der Waals surface area contributed by atoms with Gasteiger partial charge in [-0.3, -0.25) is 19.2 Å². The van der Waals surface area contributed by atoms with Crippen LogP contribution in [-0.4, -0.2) is 212 Å². The van der Waals surface area contributed by atoms with E-state index in [0.29, 0.717) is 17.8 Å². The van der Waals surface area contributed by atoms with Crippen molar-refractivity contribution in [3.63, 3.8) is 0 Å². The topological polar surface area (TPSA) is 436 Å². The molecule has 14 N–H and O–H groups in total. The second-order valence-electron chi connectivity index (χ2n) is 23.9. The summed E-state index contributed by atoms with van der Waals surface area (Å²) in [5.41, 5.74) is 7.39. The Labute approximate surface area is 542 Å². The van der Waals surface area contributed by atoms with Crippen molar-refractivity contribution in [2.24, 2.45) is 23.5 Å². The Morgan fingerprint density at radius 3 is 1.96 bits per heavy atom. The van der Waals surface area contributed by atoms with Crippen LogP contribution < -0.4 is 11.1 Å². The number of aliphatic hydroxyl groups excluding tert-OH is 10. The molecule has 1 aromatic carbocycles. The number of nitro groups is 1. The van der Waals surface area contributed by atoms with Gasteiger partial charge in [0.1, 0.15) is 36.7 Å². The Morgan fingerprint density at radius 2 is 1.38 bits per heavy atom. The first-order chi connectivity index (χ1) is 44.1. The van der Waals surface area contributed by atoms with Crippen LogP contribution in [-0.2, 0) is 44.6 Å². The van der Waals surface area contributed by atoms with Gasteiger partial charge in [-0.25, -0.2) is 9.55 Å². The summed E-state index contributed by atoms with van der Waals surface area (Å²) in [6.45, 7) is 6.99. The van der Waals surface area contributed by atoms with Gasteiger partial charge in [0.05, 0.1) is 93.3 Å². The van der Waals surface area contributed by atoms with Gasteiger partial charge in [0.15, 0.2) is 23.7 Å². The van der Waals surface area contributed by atoms with Gasteiger partial charge in [-0.05, 0) is 74.1 Å². The number of nitrogens with two attached hydrogens (primary N) is 1. The fourth-order valence-electron chi connectivity index (χ4n) is 11.2. The molecule has 0 spiro atoms. The average Bonchev–Trinajstić information content (AvgIpc) is 1.39. The fraction of sp³-hybridized carbons (Fsp3) is 0.591. The maximum atomic E-state index is 13.3. The fourth-order valence-corrected chi connectivity index (χ4v) is 11.2. The van der Waals surface area contributed by atoms with Gasteiger partial charge in [-0.15, -0.1) is 0 Å². The number of aliphatic hydroxyl groups is 11. The summed E-state index contributed by atoms with van der Waals surface area (Å²) in [5.74, 6) is -6.39. The molecule has 5 rings (SSSR count). The van der Waals surface area contributed by atoms with E-state index in [1.165, 1.54) is 10.8 Å². The molecule has 2 aromatic rings. The number of Topliss-reactive ketones (excluding diaryl/α,β-unsaturated/α-hetero) is 2. The molecular formula is C66H97N5O22. The van der Waals surface area contributed by atoms with E-state index in [0.717, 1.165) is 12.8 Å².